The van der Waals surface area contributed by atoms with Gasteiger partial charge in [0.15, 0.2) is 6.29 Å². The first-order valence-electron chi connectivity index (χ1n) is 9.97. The number of carbonyl (C=O) groups excluding carboxylic acids is 1. The van der Waals surface area contributed by atoms with Crippen molar-refractivity contribution in [1.82, 2.24) is 14.5 Å². The van der Waals surface area contributed by atoms with Crippen molar-refractivity contribution in [2.75, 3.05) is 0 Å². The molecule has 0 radical (unpaired) electrons. The van der Waals surface area contributed by atoms with Gasteiger partial charge < -0.3 is 9.55 Å². The molecule has 3 heterocycles. The van der Waals surface area contributed by atoms with Crippen LogP contribution in [-0.4, -0.2) is 20.8 Å². The Labute approximate surface area is 185 Å². The number of nitrogens with zero attached hydrogens (tertiary/aromatic N) is 2. The van der Waals surface area contributed by atoms with Gasteiger partial charge in [0.2, 0.25) is 0 Å². The van der Waals surface area contributed by atoms with Crippen LogP contribution in [0.3, 0.4) is 0 Å². The van der Waals surface area contributed by atoms with Crippen molar-refractivity contribution < 1.29 is 4.79 Å². The van der Waals surface area contributed by atoms with E-state index in [-0.39, 0.29) is 5.56 Å². The van der Waals surface area contributed by atoms with E-state index in [0.717, 1.165) is 69.3 Å². The molecule has 0 saturated carbocycles. The summed E-state index contributed by atoms with van der Waals surface area (Å²) in [6.07, 6.45) is 5.09. The second-order valence-corrected chi connectivity index (χ2v) is 9.69. The monoisotopic (exact) mass is 481 g/mol. The lowest BCUT2D eigenvalue weighted by Crippen LogP contribution is -2.11. The molecule has 1 aromatic carbocycles. The Hall–Kier alpha value is -2.51. The number of fused-ring (bicyclic) bond motifs is 3. The lowest BCUT2D eigenvalue weighted by molar-refractivity contribution is 0.112. The number of aryl methyl sites for hydroxylation is 2. The second-order valence-electron chi connectivity index (χ2n) is 7.69. The fourth-order valence-electron chi connectivity index (χ4n) is 4.56. The van der Waals surface area contributed by atoms with Gasteiger partial charge in [0.1, 0.15) is 10.7 Å². The predicted octanol–water partition coefficient (Wildman–Crippen LogP) is 5.51. The molecule has 0 saturated heterocycles. The largest absolute Gasteiger partial charge is 0.317 e. The summed E-state index contributed by atoms with van der Waals surface area (Å²) >= 11 is 5.09. The van der Waals surface area contributed by atoms with Crippen LogP contribution in [0.1, 0.15) is 45.0 Å². The molecule has 0 aliphatic heterocycles. The van der Waals surface area contributed by atoms with E-state index in [9.17, 15) is 9.59 Å². The van der Waals surface area contributed by atoms with Crippen molar-refractivity contribution in [3.63, 3.8) is 0 Å². The molecule has 152 valence electrons. The van der Waals surface area contributed by atoms with Crippen LogP contribution in [0.4, 0.5) is 0 Å². The highest BCUT2D eigenvalue weighted by molar-refractivity contribution is 9.10. The van der Waals surface area contributed by atoms with Crippen LogP contribution in [0.2, 0.25) is 0 Å². The van der Waals surface area contributed by atoms with E-state index >= 15 is 0 Å². The standard InChI is InChI=1S/C23H20BrN3O2S/c1-12-17(11-28)19(13(2)27(12)15-9-7-14(24)8-10-15)21-25-22(29)20-16-5-3-4-6-18(16)30-23(20)26-21/h7-11H,3-6H2,1-2H3,(H,25,26,29). The second kappa shape index (κ2) is 7.32. The normalized spacial score (nSPS) is 13.6. The van der Waals surface area contributed by atoms with Crippen molar-refractivity contribution >= 4 is 43.8 Å². The van der Waals surface area contributed by atoms with Crippen molar-refractivity contribution in [3.05, 3.63) is 66.5 Å². The van der Waals surface area contributed by atoms with Gasteiger partial charge in [-0.2, -0.15) is 0 Å². The molecule has 0 amide bonds. The summed E-state index contributed by atoms with van der Waals surface area (Å²) in [7, 11) is 0. The van der Waals surface area contributed by atoms with Gasteiger partial charge in [-0.25, -0.2) is 4.98 Å². The highest BCUT2D eigenvalue weighted by Crippen LogP contribution is 2.36. The number of hydrogen-bond acceptors (Lipinski definition) is 4. The number of hydrogen-bond donors (Lipinski definition) is 1. The molecule has 5 nitrogen and oxygen atoms in total. The summed E-state index contributed by atoms with van der Waals surface area (Å²) in [4.78, 5) is 34.9. The Kier molecular flexibility index (Phi) is 4.75. The fourth-order valence-corrected chi connectivity index (χ4v) is 6.09. The van der Waals surface area contributed by atoms with E-state index in [2.05, 4.69) is 20.9 Å². The minimum atomic E-state index is -0.111. The number of nitrogens with one attached hydrogen (secondary N) is 1. The summed E-state index contributed by atoms with van der Waals surface area (Å²) < 4.78 is 3.03. The minimum absolute atomic E-state index is 0.111. The van der Waals surface area contributed by atoms with Gasteiger partial charge in [0.05, 0.1) is 5.39 Å². The maximum atomic E-state index is 13.0. The molecule has 0 bridgehead atoms. The lowest BCUT2D eigenvalue weighted by Gasteiger charge is -2.10. The molecule has 30 heavy (non-hydrogen) atoms. The molecular weight excluding hydrogens is 462 g/mol. The molecule has 1 aliphatic rings. The minimum Gasteiger partial charge on any atom is -0.317 e. The van der Waals surface area contributed by atoms with E-state index in [0.29, 0.717) is 17.0 Å². The average molecular weight is 482 g/mol. The molecule has 4 aromatic rings. The van der Waals surface area contributed by atoms with Gasteiger partial charge in [-0.15, -0.1) is 11.3 Å². The SMILES string of the molecule is Cc1c(C=O)c(-c2nc3sc4c(c3c(=O)[nH]2)CCCC4)c(C)n1-c1ccc(Br)cc1. The van der Waals surface area contributed by atoms with E-state index in [1.807, 2.05) is 42.7 Å². The summed E-state index contributed by atoms with van der Waals surface area (Å²) in [5, 5.41) is 0.729. The fraction of sp³-hybridized carbons (Fsp3) is 0.261. The Morgan fingerprint density at radius 1 is 1.13 bits per heavy atom. The number of benzene rings is 1. The molecule has 0 unspecified atom stereocenters. The zero-order valence-corrected chi connectivity index (χ0v) is 19.1. The van der Waals surface area contributed by atoms with E-state index < -0.39 is 0 Å². The Morgan fingerprint density at radius 2 is 1.87 bits per heavy atom. The maximum absolute atomic E-state index is 13.0. The number of aromatic nitrogens is 3. The van der Waals surface area contributed by atoms with Gasteiger partial charge >= 0.3 is 0 Å². The van der Waals surface area contributed by atoms with Crippen molar-refractivity contribution in [2.24, 2.45) is 0 Å². The molecule has 0 atom stereocenters. The zero-order valence-electron chi connectivity index (χ0n) is 16.7. The van der Waals surface area contributed by atoms with Gasteiger partial charge in [0, 0.05) is 37.6 Å². The third kappa shape index (κ3) is 2.91. The summed E-state index contributed by atoms with van der Waals surface area (Å²) in [5.74, 6) is 0.463. The number of rotatable bonds is 3. The first-order valence-corrected chi connectivity index (χ1v) is 11.6. The number of aldehydes is 1. The Balaban J connectivity index is 1.75. The van der Waals surface area contributed by atoms with Gasteiger partial charge in [0.25, 0.3) is 5.56 Å². The predicted molar refractivity (Wildman–Crippen MR) is 124 cm³/mol. The number of halogens is 1. The first-order chi connectivity index (χ1) is 14.5. The average Bonchev–Trinajstić information content (AvgIpc) is 3.23. The molecule has 7 heteroatoms. The zero-order chi connectivity index (χ0) is 21.0. The van der Waals surface area contributed by atoms with Gasteiger partial charge in [-0.3, -0.25) is 9.59 Å². The summed E-state index contributed by atoms with van der Waals surface area (Å²) in [6.45, 7) is 3.88. The van der Waals surface area contributed by atoms with Crippen LogP contribution in [0, 0.1) is 13.8 Å². The summed E-state index contributed by atoms with van der Waals surface area (Å²) in [6, 6.07) is 7.93. The van der Waals surface area contributed by atoms with Crippen LogP contribution in [0.25, 0.3) is 27.3 Å². The third-order valence-electron chi connectivity index (χ3n) is 5.96. The van der Waals surface area contributed by atoms with Gasteiger partial charge in [-0.1, -0.05) is 15.9 Å². The topological polar surface area (TPSA) is 67.8 Å². The molecule has 1 aliphatic carbocycles. The molecule has 0 spiro atoms. The number of thiophene rings is 1. The Morgan fingerprint density at radius 3 is 2.60 bits per heavy atom. The number of aromatic amines is 1. The number of carbonyl (C=O) groups is 1. The molecule has 3 aromatic heterocycles. The van der Waals surface area contributed by atoms with Crippen molar-refractivity contribution in [2.45, 2.75) is 39.5 Å². The lowest BCUT2D eigenvalue weighted by atomic mass is 9.97. The first kappa shape index (κ1) is 19.5. The highest BCUT2D eigenvalue weighted by Gasteiger charge is 2.24. The molecular formula is C23H20BrN3O2S. The molecule has 5 rings (SSSR count). The van der Waals surface area contributed by atoms with E-state index in [1.165, 1.54) is 4.88 Å². The van der Waals surface area contributed by atoms with Crippen molar-refractivity contribution in [3.8, 4) is 17.1 Å². The Bertz CT molecular complexity index is 1360. The van der Waals surface area contributed by atoms with Crippen LogP contribution in [-0.2, 0) is 12.8 Å². The highest BCUT2D eigenvalue weighted by atomic mass is 79.9. The molecule has 0 fully saturated rings. The molecule has 1 N–H and O–H groups in total. The number of H-pyrrole nitrogens is 1. The smallest absolute Gasteiger partial charge is 0.260 e. The van der Waals surface area contributed by atoms with E-state index in [1.54, 1.807) is 11.3 Å². The van der Waals surface area contributed by atoms with Crippen LogP contribution in [0.5, 0.6) is 0 Å². The van der Waals surface area contributed by atoms with Crippen LogP contribution in [0.15, 0.2) is 33.5 Å². The quantitative estimate of drug-likeness (QED) is 0.392. The maximum Gasteiger partial charge on any atom is 0.260 e. The van der Waals surface area contributed by atoms with Gasteiger partial charge in [-0.05, 0) is 69.4 Å². The summed E-state index contributed by atoms with van der Waals surface area (Å²) in [5.41, 5.74) is 4.96. The third-order valence-corrected chi connectivity index (χ3v) is 7.67. The van der Waals surface area contributed by atoms with E-state index in [4.69, 9.17) is 4.98 Å². The van der Waals surface area contributed by atoms with Crippen LogP contribution >= 0.6 is 27.3 Å². The van der Waals surface area contributed by atoms with Crippen molar-refractivity contribution in [1.29, 1.82) is 0 Å². The van der Waals surface area contributed by atoms with Crippen LogP contribution < -0.4 is 5.56 Å².